The molecule has 0 fully saturated rings. The molecular formula is C19H18F2N8O2. The largest absolute Gasteiger partial charge is 0.434 e. The molecule has 0 bridgehead atoms. The van der Waals surface area contributed by atoms with Crippen LogP contribution < -0.4 is 21.1 Å². The van der Waals surface area contributed by atoms with Crippen LogP contribution in [0.2, 0.25) is 0 Å². The number of benzene rings is 1. The first-order valence-corrected chi connectivity index (χ1v) is 8.81. The number of nitrogens with two attached hydrogens (primary N) is 1. The molecule has 3 aromatic rings. The smallest absolute Gasteiger partial charge is 0.387 e. The lowest BCUT2D eigenvalue weighted by molar-refractivity contribution is -0.0499. The van der Waals surface area contributed by atoms with Crippen LogP contribution in [0, 0.1) is 10.8 Å². The molecule has 1 amide bonds. The van der Waals surface area contributed by atoms with E-state index in [1.165, 1.54) is 29.2 Å². The number of anilines is 1. The van der Waals surface area contributed by atoms with Crippen LogP contribution in [0.15, 0.2) is 48.7 Å². The van der Waals surface area contributed by atoms with Crippen molar-refractivity contribution >= 4 is 29.2 Å². The van der Waals surface area contributed by atoms with E-state index in [1.54, 1.807) is 19.3 Å². The topological polar surface area (TPSA) is 154 Å². The molecule has 1 aromatic carbocycles. The molecule has 0 aliphatic heterocycles. The van der Waals surface area contributed by atoms with Gasteiger partial charge in [0.25, 0.3) is 5.91 Å². The van der Waals surface area contributed by atoms with Crippen molar-refractivity contribution in [2.75, 3.05) is 12.8 Å². The summed E-state index contributed by atoms with van der Waals surface area (Å²) in [6.45, 7) is -3.16. The monoisotopic (exact) mass is 428 g/mol. The molecule has 0 atom stereocenters. The van der Waals surface area contributed by atoms with Crippen molar-refractivity contribution in [3.8, 4) is 5.75 Å². The highest BCUT2D eigenvalue weighted by Crippen LogP contribution is 2.28. The number of nitrogen functional groups attached to an aromatic ring is 1. The fourth-order valence-corrected chi connectivity index (χ4v) is 2.76. The lowest BCUT2D eigenvalue weighted by Crippen LogP contribution is -2.29. The number of rotatable bonds is 8. The number of alkyl halides is 2. The number of halogens is 2. The zero-order valence-corrected chi connectivity index (χ0v) is 16.2. The zero-order chi connectivity index (χ0) is 22.5. The van der Waals surface area contributed by atoms with Gasteiger partial charge in [-0.25, -0.2) is 9.50 Å². The van der Waals surface area contributed by atoms with E-state index in [0.29, 0.717) is 5.65 Å². The number of aromatic nitrogens is 3. The van der Waals surface area contributed by atoms with Crippen LogP contribution in [-0.4, -0.2) is 46.1 Å². The lowest BCUT2D eigenvalue weighted by Gasteiger charge is -2.16. The normalized spacial score (nSPS) is 11.4. The average molecular weight is 428 g/mol. The fraction of sp³-hybridized carbons (Fsp3) is 0.105. The summed E-state index contributed by atoms with van der Waals surface area (Å²) >= 11 is 0. The third-order valence-electron chi connectivity index (χ3n) is 4.16. The molecule has 0 aliphatic carbocycles. The lowest BCUT2D eigenvalue weighted by atomic mass is 10.0. The predicted octanol–water partition coefficient (Wildman–Crippen LogP) is 1.77. The van der Waals surface area contributed by atoms with E-state index in [-0.39, 0.29) is 39.5 Å². The van der Waals surface area contributed by atoms with Crippen molar-refractivity contribution in [1.29, 1.82) is 10.8 Å². The van der Waals surface area contributed by atoms with Gasteiger partial charge in [-0.05, 0) is 12.1 Å². The van der Waals surface area contributed by atoms with E-state index in [4.69, 9.17) is 16.6 Å². The van der Waals surface area contributed by atoms with E-state index in [9.17, 15) is 13.6 Å². The SMILES string of the molecule is CN/C=C(/NC(=O)c1cnn2cccnc12)C(=N)c1cc(C=N)c(N)cc1OC(F)F. The third-order valence-corrected chi connectivity index (χ3v) is 4.16. The first kappa shape index (κ1) is 21.4. The Morgan fingerprint density at radius 1 is 1.35 bits per heavy atom. The summed E-state index contributed by atoms with van der Waals surface area (Å²) < 4.78 is 31.7. The maximum atomic E-state index is 12.9. The molecule has 160 valence electrons. The van der Waals surface area contributed by atoms with Crippen LogP contribution in [0.3, 0.4) is 0 Å². The molecule has 0 unspecified atom stereocenters. The van der Waals surface area contributed by atoms with Crippen molar-refractivity contribution < 1.29 is 18.3 Å². The molecule has 0 radical (unpaired) electrons. The van der Waals surface area contributed by atoms with Gasteiger partial charge in [0.2, 0.25) is 0 Å². The molecule has 2 aromatic heterocycles. The highest BCUT2D eigenvalue weighted by atomic mass is 19.3. The number of allylic oxidation sites excluding steroid dienone is 1. The molecule has 0 spiro atoms. The van der Waals surface area contributed by atoms with Gasteiger partial charge in [0.15, 0.2) is 5.65 Å². The molecular weight excluding hydrogens is 410 g/mol. The van der Waals surface area contributed by atoms with Gasteiger partial charge in [0, 0.05) is 54.7 Å². The molecule has 0 saturated carbocycles. The Bertz CT molecular complexity index is 1190. The molecule has 12 heteroatoms. The van der Waals surface area contributed by atoms with Crippen LogP contribution in [-0.2, 0) is 0 Å². The van der Waals surface area contributed by atoms with Crippen LogP contribution >= 0.6 is 0 Å². The Morgan fingerprint density at radius 3 is 2.81 bits per heavy atom. The second-order valence-electron chi connectivity index (χ2n) is 6.12. The summed E-state index contributed by atoms with van der Waals surface area (Å²) in [6, 6.07) is 4.01. The summed E-state index contributed by atoms with van der Waals surface area (Å²) in [5.74, 6) is -0.976. The zero-order valence-electron chi connectivity index (χ0n) is 16.2. The number of hydrogen-bond acceptors (Lipinski definition) is 8. The quantitative estimate of drug-likeness (QED) is 0.272. The summed E-state index contributed by atoms with van der Waals surface area (Å²) in [5, 5.41) is 25.2. The molecule has 6 N–H and O–H groups in total. The third kappa shape index (κ3) is 4.47. The highest BCUT2D eigenvalue weighted by Gasteiger charge is 2.22. The summed E-state index contributed by atoms with van der Waals surface area (Å²) in [7, 11) is 1.54. The maximum Gasteiger partial charge on any atom is 0.387 e. The Labute approximate surface area is 174 Å². The van der Waals surface area contributed by atoms with Gasteiger partial charge in [-0.2, -0.15) is 13.9 Å². The fourth-order valence-electron chi connectivity index (χ4n) is 2.76. The van der Waals surface area contributed by atoms with Gasteiger partial charge in [0.1, 0.15) is 11.3 Å². The van der Waals surface area contributed by atoms with Crippen molar-refractivity contribution in [3.63, 3.8) is 0 Å². The van der Waals surface area contributed by atoms with Crippen molar-refractivity contribution in [2.45, 2.75) is 6.61 Å². The van der Waals surface area contributed by atoms with E-state index in [1.807, 2.05) is 0 Å². The van der Waals surface area contributed by atoms with Gasteiger partial charge < -0.3 is 26.5 Å². The molecule has 31 heavy (non-hydrogen) atoms. The molecule has 3 rings (SSSR count). The van der Waals surface area contributed by atoms with Crippen LogP contribution in [0.25, 0.3) is 5.65 Å². The van der Waals surface area contributed by atoms with E-state index >= 15 is 0 Å². The summed E-state index contributed by atoms with van der Waals surface area (Å²) in [4.78, 5) is 16.9. The number of hydrogen-bond donors (Lipinski definition) is 5. The van der Waals surface area contributed by atoms with Crippen molar-refractivity contribution in [1.82, 2.24) is 25.2 Å². The summed E-state index contributed by atoms with van der Waals surface area (Å²) in [6.07, 6.45) is 6.67. The Balaban J connectivity index is 1.98. The standard InChI is InChI=1S/C19H18F2N8O2/c1-25-9-14(28-18(30)12-8-27-29-4-2-3-26-17(12)29)16(24)11-5-10(7-22)13(23)6-15(11)31-19(20)21/h2-9,19,22,24-25H,23H2,1H3,(H,28,30)/b14-9+,22-7?,24-16?. The molecule has 10 nitrogen and oxygen atoms in total. The van der Waals surface area contributed by atoms with Gasteiger partial charge in [-0.15, -0.1) is 0 Å². The molecule has 0 saturated heterocycles. The van der Waals surface area contributed by atoms with Crippen molar-refractivity contribution in [2.24, 2.45) is 0 Å². The maximum absolute atomic E-state index is 12.9. The number of fused-ring (bicyclic) bond motifs is 1. The van der Waals surface area contributed by atoms with Crippen molar-refractivity contribution in [3.05, 3.63) is 65.4 Å². The van der Waals surface area contributed by atoms with Gasteiger partial charge >= 0.3 is 6.61 Å². The molecule has 0 aliphatic rings. The Kier molecular flexibility index (Phi) is 6.19. The number of ether oxygens (including phenoxy) is 1. The predicted molar refractivity (Wildman–Crippen MR) is 110 cm³/mol. The minimum absolute atomic E-state index is 0.0304. The minimum atomic E-state index is -3.16. The number of carbonyl (C=O) groups excluding carboxylic acids is 1. The van der Waals surface area contributed by atoms with Crippen LogP contribution in [0.4, 0.5) is 14.5 Å². The first-order valence-electron chi connectivity index (χ1n) is 8.81. The van der Waals surface area contributed by atoms with E-state index in [2.05, 4.69) is 25.5 Å². The first-order chi connectivity index (χ1) is 14.8. The number of amides is 1. The summed E-state index contributed by atoms with van der Waals surface area (Å²) in [5.41, 5.74) is 5.96. The van der Waals surface area contributed by atoms with Gasteiger partial charge in [-0.1, -0.05) is 0 Å². The second-order valence-corrected chi connectivity index (χ2v) is 6.12. The van der Waals surface area contributed by atoms with E-state index < -0.39 is 12.5 Å². The number of carbonyl (C=O) groups is 1. The van der Waals surface area contributed by atoms with Crippen LogP contribution in [0.5, 0.6) is 5.75 Å². The Morgan fingerprint density at radius 2 is 2.13 bits per heavy atom. The Hall–Kier alpha value is -4.35. The number of nitrogens with one attached hydrogen (secondary N) is 4. The minimum Gasteiger partial charge on any atom is -0.434 e. The highest BCUT2D eigenvalue weighted by molar-refractivity contribution is 6.16. The van der Waals surface area contributed by atoms with Gasteiger partial charge in [-0.3, -0.25) is 10.2 Å². The average Bonchev–Trinajstić information content (AvgIpc) is 3.17. The van der Waals surface area contributed by atoms with Gasteiger partial charge in [0.05, 0.1) is 17.6 Å². The van der Waals surface area contributed by atoms with E-state index in [0.717, 1.165) is 12.3 Å². The number of nitrogens with zero attached hydrogens (tertiary/aromatic N) is 3. The molecule has 2 heterocycles. The second kappa shape index (κ2) is 8.98. The van der Waals surface area contributed by atoms with Crippen LogP contribution in [0.1, 0.15) is 21.5 Å².